The van der Waals surface area contributed by atoms with Crippen molar-refractivity contribution in [3.63, 3.8) is 0 Å². The van der Waals surface area contributed by atoms with Gasteiger partial charge in [-0.15, -0.1) is 11.3 Å². The standard InChI is InChI=1S/C26H22ClN3O4S3/c27-17-1-7-20(8-2-17)35-24-10-9-21(36-24)15-22-25(32)30(26(33)37-22)16-23(31)28-18-3-5-19(6-4-18)29-11-13-34-14-12-29/h1-10,15H,11-14,16H2,(H,28,31)/b22-15+. The fourth-order valence-electron chi connectivity index (χ4n) is 3.77. The van der Waals surface area contributed by atoms with Gasteiger partial charge in [0.1, 0.15) is 6.54 Å². The Morgan fingerprint density at radius 1 is 1.03 bits per heavy atom. The predicted octanol–water partition coefficient (Wildman–Crippen LogP) is 6.06. The van der Waals surface area contributed by atoms with Gasteiger partial charge in [0.25, 0.3) is 11.1 Å². The van der Waals surface area contributed by atoms with Crippen molar-refractivity contribution in [1.29, 1.82) is 0 Å². The lowest BCUT2D eigenvalue weighted by Gasteiger charge is -2.28. The Morgan fingerprint density at radius 2 is 1.76 bits per heavy atom. The second-order valence-corrected chi connectivity index (χ2v) is 12.1. The maximum atomic E-state index is 12.9. The first-order valence-corrected chi connectivity index (χ1v) is 14.3. The van der Waals surface area contributed by atoms with E-state index >= 15 is 0 Å². The molecular formula is C26H22ClN3O4S3. The second kappa shape index (κ2) is 11.7. The van der Waals surface area contributed by atoms with Crippen LogP contribution >= 0.6 is 46.5 Å². The molecule has 11 heteroatoms. The molecule has 0 atom stereocenters. The number of morpholine rings is 1. The fourth-order valence-corrected chi connectivity index (χ4v) is 6.87. The van der Waals surface area contributed by atoms with Crippen molar-refractivity contribution in [3.8, 4) is 0 Å². The minimum Gasteiger partial charge on any atom is -0.378 e. The second-order valence-electron chi connectivity index (χ2n) is 8.18. The summed E-state index contributed by atoms with van der Waals surface area (Å²) in [5.41, 5.74) is 1.66. The maximum absolute atomic E-state index is 12.9. The van der Waals surface area contributed by atoms with Gasteiger partial charge < -0.3 is 15.0 Å². The topological polar surface area (TPSA) is 79.0 Å². The van der Waals surface area contributed by atoms with E-state index in [1.54, 1.807) is 17.8 Å². The van der Waals surface area contributed by atoms with Gasteiger partial charge in [-0.05, 0) is 78.5 Å². The highest BCUT2D eigenvalue weighted by atomic mass is 35.5. The number of rotatable bonds is 7. The summed E-state index contributed by atoms with van der Waals surface area (Å²) in [5, 5.41) is 2.99. The molecular weight excluding hydrogens is 550 g/mol. The van der Waals surface area contributed by atoms with E-state index in [1.165, 1.54) is 11.3 Å². The lowest BCUT2D eigenvalue weighted by molar-refractivity contribution is -0.127. The molecule has 190 valence electrons. The molecule has 0 aliphatic carbocycles. The van der Waals surface area contributed by atoms with E-state index in [4.69, 9.17) is 16.3 Å². The zero-order chi connectivity index (χ0) is 25.8. The Labute approximate surface area is 231 Å². The van der Waals surface area contributed by atoms with E-state index in [9.17, 15) is 14.4 Å². The third-order valence-corrected chi connectivity index (χ3v) is 8.94. The summed E-state index contributed by atoms with van der Waals surface area (Å²) in [6, 6.07) is 18.9. The van der Waals surface area contributed by atoms with Crippen LogP contribution in [-0.2, 0) is 14.3 Å². The van der Waals surface area contributed by atoms with Gasteiger partial charge in [0.15, 0.2) is 0 Å². The molecule has 5 rings (SSSR count). The molecule has 2 fully saturated rings. The van der Waals surface area contributed by atoms with Crippen LogP contribution < -0.4 is 10.2 Å². The van der Waals surface area contributed by atoms with Crippen molar-refractivity contribution in [2.45, 2.75) is 9.10 Å². The van der Waals surface area contributed by atoms with Crippen LogP contribution in [0.1, 0.15) is 4.88 Å². The Hall–Kier alpha value is -2.76. The number of amides is 3. The first kappa shape index (κ1) is 25.9. The monoisotopic (exact) mass is 571 g/mol. The highest BCUT2D eigenvalue weighted by molar-refractivity contribution is 8.18. The lowest BCUT2D eigenvalue weighted by atomic mass is 10.2. The smallest absolute Gasteiger partial charge is 0.294 e. The van der Waals surface area contributed by atoms with Crippen molar-refractivity contribution in [1.82, 2.24) is 4.90 Å². The summed E-state index contributed by atoms with van der Waals surface area (Å²) >= 11 is 9.90. The van der Waals surface area contributed by atoms with Gasteiger partial charge in [0.2, 0.25) is 5.91 Å². The number of benzene rings is 2. The van der Waals surface area contributed by atoms with E-state index in [0.717, 1.165) is 49.4 Å². The molecule has 0 unspecified atom stereocenters. The van der Waals surface area contributed by atoms with Crippen LogP contribution in [0.25, 0.3) is 6.08 Å². The summed E-state index contributed by atoms with van der Waals surface area (Å²) in [7, 11) is 0. The minimum absolute atomic E-state index is 0.303. The molecule has 1 aromatic heterocycles. The van der Waals surface area contributed by atoms with Crippen molar-refractivity contribution in [2.24, 2.45) is 0 Å². The lowest BCUT2D eigenvalue weighted by Crippen LogP contribution is -2.36. The number of carbonyl (C=O) groups excluding carboxylic acids is 3. The zero-order valence-electron chi connectivity index (χ0n) is 19.5. The number of ether oxygens (including phenoxy) is 1. The Kier molecular flexibility index (Phi) is 8.21. The third kappa shape index (κ3) is 6.58. The number of hydrogen-bond donors (Lipinski definition) is 1. The van der Waals surface area contributed by atoms with E-state index in [-0.39, 0.29) is 6.54 Å². The molecule has 2 aliphatic heterocycles. The molecule has 3 heterocycles. The number of hydrogen-bond acceptors (Lipinski definition) is 8. The normalized spacial score (nSPS) is 17.1. The molecule has 2 aromatic carbocycles. The number of anilines is 2. The quantitative estimate of drug-likeness (QED) is 0.345. The zero-order valence-corrected chi connectivity index (χ0v) is 22.7. The van der Waals surface area contributed by atoms with E-state index in [0.29, 0.717) is 28.8 Å². The Balaban J connectivity index is 1.17. The van der Waals surface area contributed by atoms with Crippen molar-refractivity contribution >= 4 is 81.0 Å². The first-order valence-electron chi connectivity index (χ1n) is 11.5. The molecule has 3 aromatic rings. The third-order valence-electron chi connectivity index (χ3n) is 5.61. The van der Waals surface area contributed by atoms with E-state index < -0.39 is 17.1 Å². The minimum atomic E-state index is -0.465. The molecule has 0 bridgehead atoms. The highest BCUT2D eigenvalue weighted by Gasteiger charge is 2.36. The maximum Gasteiger partial charge on any atom is 0.294 e. The van der Waals surface area contributed by atoms with Gasteiger partial charge in [-0.1, -0.05) is 23.4 Å². The number of carbonyl (C=O) groups is 3. The fraction of sp³-hybridized carbons (Fsp3) is 0.192. The molecule has 0 spiro atoms. The van der Waals surface area contributed by atoms with E-state index in [2.05, 4.69) is 10.2 Å². The molecule has 2 aliphatic rings. The van der Waals surface area contributed by atoms with E-state index in [1.807, 2.05) is 60.7 Å². The average molecular weight is 572 g/mol. The molecule has 2 saturated heterocycles. The van der Waals surface area contributed by atoms with Crippen LogP contribution in [0.3, 0.4) is 0 Å². The van der Waals surface area contributed by atoms with Crippen molar-refractivity contribution < 1.29 is 19.1 Å². The number of imide groups is 1. The molecule has 7 nitrogen and oxygen atoms in total. The molecule has 0 radical (unpaired) electrons. The average Bonchev–Trinajstić information content (AvgIpc) is 3.45. The Bertz CT molecular complexity index is 1340. The van der Waals surface area contributed by atoms with Crippen LogP contribution in [0.2, 0.25) is 5.02 Å². The predicted molar refractivity (Wildman–Crippen MR) is 151 cm³/mol. The van der Waals surface area contributed by atoms with Gasteiger partial charge in [0, 0.05) is 39.3 Å². The number of halogens is 1. The van der Waals surface area contributed by atoms with Crippen LogP contribution in [-0.4, -0.2) is 54.8 Å². The van der Waals surface area contributed by atoms with Crippen molar-refractivity contribution in [3.05, 3.63) is 75.5 Å². The van der Waals surface area contributed by atoms with Crippen LogP contribution in [0.4, 0.5) is 16.2 Å². The summed E-state index contributed by atoms with van der Waals surface area (Å²) < 4.78 is 6.42. The van der Waals surface area contributed by atoms with Gasteiger partial charge in [-0.3, -0.25) is 19.3 Å². The van der Waals surface area contributed by atoms with Crippen LogP contribution in [0.5, 0.6) is 0 Å². The van der Waals surface area contributed by atoms with Crippen LogP contribution in [0, 0.1) is 0 Å². The van der Waals surface area contributed by atoms with Gasteiger partial charge >= 0.3 is 0 Å². The van der Waals surface area contributed by atoms with Crippen LogP contribution in [0.15, 0.2) is 74.7 Å². The summed E-state index contributed by atoms with van der Waals surface area (Å²) in [6.07, 6.45) is 1.70. The Morgan fingerprint density at radius 3 is 2.49 bits per heavy atom. The van der Waals surface area contributed by atoms with Gasteiger partial charge in [0.05, 0.1) is 22.3 Å². The highest BCUT2D eigenvalue weighted by Crippen LogP contribution is 2.37. The molecule has 37 heavy (non-hydrogen) atoms. The van der Waals surface area contributed by atoms with Crippen molar-refractivity contribution in [2.75, 3.05) is 43.1 Å². The number of thioether (sulfide) groups is 1. The van der Waals surface area contributed by atoms with Gasteiger partial charge in [-0.2, -0.15) is 0 Å². The largest absolute Gasteiger partial charge is 0.378 e. The first-order chi connectivity index (χ1) is 17.9. The molecule has 0 saturated carbocycles. The summed E-state index contributed by atoms with van der Waals surface area (Å²) in [6.45, 7) is 2.70. The number of nitrogens with zero attached hydrogens (tertiary/aromatic N) is 2. The summed E-state index contributed by atoms with van der Waals surface area (Å²) in [5.74, 6) is -0.895. The summed E-state index contributed by atoms with van der Waals surface area (Å²) in [4.78, 5) is 43.3. The molecule has 1 N–H and O–H groups in total. The number of thiophene rings is 1. The molecule has 3 amide bonds. The SMILES string of the molecule is O=C(CN1C(=O)S/C(=C/c2ccc(Sc3ccc(Cl)cc3)s2)C1=O)Nc1ccc(N2CCOCC2)cc1. The van der Waals surface area contributed by atoms with Gasteiger partial charge in [-0.25, -0.2) is 0 Å². The number of nitrogens with one attached hydrogen (secondary N) is 1.